The molecular formula is C19H21NO4. The summed E-state index contributed by atoms with van der Waals surface area (Å²) in [4.78, 5) is 14.0. The quantitative estimate of drug-likeness (QED) is 0.854. The Morgan fingerprint density at radius 2 is 1.75 bits per heavy atom. The van der Waals surface area contributed by atoms with Gasteiger partial charge in [0.25, 0.3) is 5.91 Å². The van der Waals surface area contributed by atoms with Gasteiger partial charge in [-0.3, -0.25) is 4.79 Å². The Balaban J connectivity index is 2.26. The molecule has 2 rings (SSSR count). The lowest BCUT2D eigenvalue weighted by Crippen LogP contribution is -2.24. The number of phenols is 1. The summed E-state index contributed by atoms with van der Waals surface area (Å²) in [5, 5.41) is 9.33. The van der Waals surface area contributed by atoms with Gasteiger partial charge in [0.15, 0.2) is 0 Å². The fraction of sp³-hybridized carbons (Fsp3) is 0.211. The van der Waals surface area contributed by atoms with E-state index in [0.29, 0.717) is 17.2 Å². The SMILES string of the molecule is COc1ccc(/C(C)=C/C(=O)N(C)c2ccc(O)cc2)c(OC)c1. The molecule has 0 aliphatic carbocycles. The number of benzene rings is 2. The van der Waals surface area contributed by atoms with Crippen LogP contribution in [0.3, 0.4) is 0 Å². The number of phenolic OH excluding ortho intramolecular Hbond substituents is 1. The molecule has 0 aromatic heterocycles. The molecule has 0 radical (unpaired) electrons. The first-order valence-corrected chi connectivity index (χ1v) is 7.43. The lowest BCUT2D eigenvalue weighted by molar-refractivity contribution is -0.113. The standard InChI is InChI=1S/C19H21NO4/c1-13(17-10-9-16(23-3)12-18(17)24-4)11-19(22)20(2)14-5-7-15(21)8-6-14/h5-12,21H,1-4H3/b13-11+. The molecule has 2 aromatic rings. The number of carbonyl (C=O) groups is 1. The van der Waals surface area contributed by atoms with E-state index in [1.54, 1.807) is 57.7 Å². The number of likely N-dealkylation sites (N-methyl/N-ethyl adjacent to an activating group) is 1. The molecule has 0 saturated heterocycles. The highest BCUT2D eigenvalue weighted by Gasteiger charge is 2.12. The average molecular weight is 327 g/mol. The average Bonchev–Trinajstić information content (AvgIpc) is 2.60. The van der Waals surface area contributed by atoms with Crippen molar-refractivity contribution in [1.29, 1.82) is 0 Å². The third-order valence-corrected chi connectivity index (χ3v) is 3.74. The monoisotopic (exact) mass is 327 g/mol. The Labute approximate surface area is 141 Å². The Morgan fingerprint density at radius 3 is 2.33 bits per heavy atom. The number of allylic oxidation sites excluding steroid dienone is 1. The highest BCUT2D eigenvalue weighted by Crippen LogP contribution is 2.30. The van der Waals surface area contributed by atoms with Crippen LogP contribution in [0.5, 0.6) is 17.2 Å². The van der Waals surface area contributed by atoms with Crippen molar-refractivity contribution >= 4 is 17.2 Å². The normalized spacial score (nSPS) is 11.1. The molecule has 24 heavy (non-hydrogen) atoms. The topological polar surface area (TPSA) is 59.0 Å². The van der Waals surface area contributed by atoms with E-state index in [1.807, 2.05) is 19.1 Å². The molecule has 1 amide bonds. The molecule has 2 aromatic carbocycles. The second kappa shape index (κ2) is 7.55. The maximum Gasteiger partial charge on any atom is 0.250 e. The van der Waals surface area contributed by atoms with Crippen LogP contribution in [0.1, 0.15) is 12.5 Å². The van der Waals surface area contributed by atoms with Crippen molar-refractivity contribution in [3.8, 4) is 17.2 Å². The molecule has 0 unspecified atom stereocenters. The highest BCUT2D eigenvalue weighted by atomic mass is 16.5. The predicted molar refractivity (Wildman–Crippen MR) is 94.7 cm³/mol. The van der Waals surface area contributed by atoms with E-state index in [0.717, 1.165) is 11.1 Å². The molecule has 0 heterocycles. The summed E-state index contributed by atoms with van der Waals surface area (Å²) in [5.41, 5.74) is 2.31. The van der Waals surface area contributed by atoms with Crippen LogP contribution < -0.4 is 14.4 Å². The van der Waals surface area contributed by atoms with Gasteiger partial charge in [0.1, 0.15) is 17.2 Å². The number of methoxy groups -OCH3 is 2. The van der Waals surface area contributed by atoms with Crippen LogP contribution >= 0.6 is 0 Å². The lowest BCUT2D eigenvalue weighted by Gasteiger charge is -2.16. The van der Waals surface area contributed by atoms with E-state index in [2.05, 4.69) is 0 Å². The van der Waals surface area contributed by atoms with Crippen LogP contribution in [0.15, 0.2) is 48.5 Å². The van der Waals surface area contributed by atoms with Crippen molar-refractivity contribution in [1.82, 2.24) is 0 Å². The van der Waals surface area contributed by atoms with Crippen LogP contribution in [0.4, 0.5) is 5.69 Å². The van der Waals surface area contributed by atoms with Crippen molar-refractivity contribution in [2.24, 2.45) is 0 Å². The molecule has 126 valence electrons. The fourth-order valence-electron chi connectivity index (χ4n) is 2.29. The number of carbonyl (C=O) groups excluding carboxylic acids is 1. The van der Waals surface area contributed by atoms with Gasteiger partial charge in [0, 0.05) is 30.4 Å². The first-order valence-electron chi connectivity index (χ1n) is 7.43. The van der Waals surface area contributed by atoms with Crippen molar-refractivity contribution in [2.45, 2.75) is 6.92 Å². The number of ether oxygens (including phenoxy) is 2. The van der Waals surface area contributed by atoms with Crippen molar-refractivity contribution in [2.75, 3.05) is 26.2 Å². The van der Waals surface area contributed by atoms with Gasteiger partial charge in [-0.2, -0.15) is 0 Å². The van der Waals surface area contributed by atoms with E-state index in [1.165, 1.54) is 4.90 Å². The van der Waals surface area contributed by atoms with Gasteiger partial charge in [-0.25, -0.2) is 0 Å². The third kappa shape index (κ3) is 3.87. The Bertz CT molecular complexity index is 750. The van der Waals surface area contributed by atoms with E-state index < -0.39 is 0 Å². The second-order valence-electron chi connectivity index (χ2n) is 5.31. The summed E-state index contributed by atoms with van der Waals surface area (Å²) in [7, 11) is 4.85. The number of nitrogens with zero attached hydrogens (tertiary/aromatic N) is 1. The van der Waals surface area contributed by atoms with Gasteiger partial charge in [-0.15, -0.1) is 0 Å². The maximum atomic E-state index is 12.5. The number of hydrogen-bond donors (Lipinski definition) is 1. The maximum absolute atomic E-state index is 12.5. The van der Waals surface area contributed by atoms with Crippen LogP contribution in [-0.4, -0.2) is 32.3 Å². The summed E-state index contributed by atoms with van der Waals surface area (Å²) in [6.45, 7) is 1.85. The minimum absolute atomic E-state index is 0.161. The first-order chi connectivity index (χ1) is 11.5. The fourth-order valence-corrected chi connectivity index (χ4v) is 2.29. The first kappa shape index (κ1) is 17.4. The Hall–Kier alpha value is -2.95. The zero-order chi connectivity index (χ0) is 17.7. The Kier molecular flexibility index (Phi) is 5.47. The summed E-state index contributed by atoms with van der Waals surface area (Å²) in [5.74, 6) is 1.32. The number of aromatic hydroxyl groups is 1. The summed E-state index contributed by atoms with van der Waals surface area (Å²) < 4.78 is 10.6. The second-order valence-corrected chi connectivity index (χ2v) is 5.31. The van der Waals surface area contributed by atoms with Crippen LogP contribution in [0, 0.1) is 0 Å². The van der Waals surface area contributed by atoms with Gasteiger partial charge in [0.2, 0.25) is 0 Å². The van der Waals surface area contributed by atoms with Gasteiger partial charge in [-0.05, 0) is 48.9 Å². The zero-order valence-electron chi connectivity index (χ0n) is 14.2. The van der Waals surface area contributed by atoms with E-state index in [-0.39, 0.29) is 11.7 Å². The van der Waals surface area contributed by atoms with Crippen molar-refractivity contribution < 1.29 is 19.4 Å². The molecule has 0 fully saturated rings. The van der Waals surface area contributed by atoms with Crippen LogP contribution in [0.25, 0.3) is 5.57 Å². The summed E-state index contributed by atoms with van der Waals surface area (Å²) in [6.07, 6.45) is 1.55. The molecule has 0 atom stereocenters. The van der Waals surface area contributed by atoms with Crippen LogP contribution in [0.2, 0.25) is 0 Å². The van der Waals surface area contributed by atoms with Gasteiger partial charge >= 0.3 is 0 Å². The molecule has 1 N–H and O–H groups in total. The minimum Gasteiger partial charge on any atom is -0.508 e. The highest BCUT2D eigenvalue weighted by molar-refractivity contribution is 6.05. The van der Waals surface area contributed by atoms with E-state index in [9.17, 15) is 9.90 Å². The van der Waals surface area contributed by atoms with E-state index in [4.69, 9.17) is 9.47 Å². The van der Waals surface area contributed by atoms with Crippen molar-refractivity contribution in [3.63, 3.8) is 0 Å². The van der Waals surface area contributed by atoms with Crippen molar-refractivity contribution in [3.05, 3.63) is 54.1 Å². The molecular weight excluding hydrogens is 306 g/mol. The van der Waals surface area contributed by atoms with Crippen LogP contribution in [-0.2, 0) is 4.79 Å². The largest absolute Gasteiger partial charge is 0.508 e. The molecule has 5 heteroatoms. The lowest BCUT2D eigenvalue weighted by atomic mass is 10.1. The molecule has 0 bridgehead atoms. The zero-order valence-corrected chi connectivity index (χ0v) is 14.2. The molecule has 0 aliphatic heterocycles. The Morgan fingerprint density at radius 1 is 1.08 bits per heavy atom. The number of anilines is 1. The predicted octanol–water partition coefficient (Wildman–Crippen LogP) is 3.48. The number of hydrogen-bond acceptors (Lipinski definition) is 4. The smallest absolute Gasteiger partial charge is 0.250 e. The number of rotatable bonds is 5. The van der Waals surface area contributed by atoms with Gasteiger partial charge in [0.05, 0.1) is 14.2 Å². The van der Waals surface area contributed by atoms with E-state index >= 15 is 0 Å². The minimum atomic E-state index is -0.170. The molecule has 0 saturated carbocycles. The molecule has 0 aliphatic rings. The van der Waals surface area contributed by atoms with Gasteiger partial charge < -0.3 is 19.5 Å². The number of amides is 1. The van der Waals surface area contributed by atoms with Gasteiger partial charge in [-0.1, -0.05) is 0 Å². The summed E-state index contributed by atoms with van der Waals surface area (Å²) >= 11 is 0. The summed E-state index contributed by atoms with van der Waals surface area (Å²) in [6, 6.07) is 11.9. The molecule has 0 spiro atoms. The molecule has 5 nitrogen and oxygen atoms in total. The third-order valence-electron chi connectivity index (χ3n) is 3.74.